The minimum absolute atomic E-state index is 0. The molecule has 0 bridgehead atoms. The van der Waals surface area contributed by atoms with Gasteiger partial charge in [-0.3, -0.25) is 4.99 Å². The van der Waals surface area contributed by atoms with E-state index in [2.05, 4.69) is 48.2 Å². The molecule has 2 rings (SSSR count). The molecule has 0 radical (unpaired) electrons. The lowest BCUT2D eigenvalue weighted by atomic mass is 10.1. The zero-order valence-electron chi connectivity index (χ0n) is 12.5. The van der Waals surface area contributed by atoms with E-state index in [0.29, 0.717) is 12.0 Å². The van der Waals surface area contributed by atoms with E-state index >= 15 is 0 Å². The zero-order chi connectivity index (χ0) is 13.8. The Morgan fingerprint density at radius 1 is 1.40 bits per heavy atom. The highest BCUT2D eigenvalue weighted by Gasteiger charge is 2.19. The first kappa shape index (κ1) is 17.2. The Balaban J connectivity index is 0.00000200. The van der Waals surface area contributed by atoms with Crippen molar-refractivity contribution in [2.45, 2.75) is 32.7 Å². The monoisotopic (exact) mass is 388 g/mol. The second kappa shape index (κ2) is 7.83. The first-order valence-corrected chi connectivity index (χ1v) is 6.90. The summed E-state index contributed by atoms with van der Waals surface area (Å²) in [6, 6.07) is 6.77. The maximum atomic E-state index is 5.94. The summed E-state index contributed by atoms with van der Waals surface area (Å²) in [7, 11) is 2.15. The number of benzene rings is 1. The van der Waals surface area contributed by atoms with E-state index < -0.39 is 0 Å². The van der Waals surface area contributed by atoms with E-state index in [1.54, 1.807) is 0 Å². The van der Waals surface area contributed by atoms with Crippen LogP contribution in [0, 0.1) is 13.8 Å². The maximum absolute atomic E-state index is 5.94. The van der Waals surface area contributed by atoms with Crippen molar-refractivity contribution in [3.63, 3.8) is 0 Å². The van der Waals surface area contributed by atoms with Crippen LogP contribution in [0.15, 0.2) is 23.2 Å². The van der Waals surface area contributed by atoms with Crippen LogP contribution in [0.25, 0.3) is 0 Å². The second-order valence-electron chi connectivity index (χ2n) is 5.43. The number of anilines is 1. The predicted molar refractivity (Wildman–Crippen MR) is 97.1 cm³/mol. The first-order chi connectivity index (χ1) is 9.06. The van der Waals surface area contributed by atoms with E-state index in [4.69, 9.17) is 5.73 Å². The van der Waals surface area contributed by atoms with Crippen LogP contribution in [0.3, 0.4) is 0 Å². The smallest absolute Gasteiger partial charge is 0.193 e. The van der Waals surface area contributed by atoms with Gasteiger partial charge in [0.1, 0.15) is 0 Å². The van der Waals surface area contributed by atoms with Gasteiger partial charge in [-0.05, 0) is 63.5 Å². The summed E-state index contributed by atoms with van der Waals surface area (Å²) >= 11 is 0. The topological polar surface area (TPSA) is 53.6 Å². The lowest BCUT2D eigenvalue weighted by molar-refractivity contribution is 0.317. The van der Waals surface area contributed by atoms with Gasteiger partial charge < -0.3 is 16.0 Å². The van der Waals surface area contributed by atoms with Crippen molar-refractivity contribution in [2.75, 3.05) is 25.5 Å². The fourth-order valence-electron chi connectivity index (χ4n) is 2.42. The highest BCUT2D eigenvalue weighted by Crippen LogP contribution is 2.15. The third kappa shape index (κ3) is 4.63. The molecule has 112 valence electrons. The number of hydrogen-bond donors (Lipinski definition) is 2. The molecule has 1 aromatic carbocycles. The largest absolute Gasteiger partial charge is 0.370 e. The van der Waals surface area contributed by atoms with Gasteiger partial charge in [0.25, 0.3) is 0 Å². The van der Waals surface area contributed by atoms with Gasteiger partial charge in [0.15, 0.2) is 5.96 Å². The molecule has 1 unspecified atom stereocenters. The average Bonchev–Trinajstić information content (AvgIpc) is 2.77. The summed E-state index contributed by atoms with van der Waals surface area (Å²) in [4.78, 5) is 6.80. The van der Waals surface area contributed by atoms with E-state index in [9.17, 15) is 0 Å². The number of likely N-dealkylation sites (N-methyl/N-ethyl adjacent to an activating group) is 1. The normalized spacial score (nSPS) is 19.8. The van der Waals surface area contributed by atoms with Crippen molar-refractivity contribution in [1.29, 1.82) is 0 Å². The third-order valence-electron chi connectivity index (χ3n) is 3.92. The number of halogens is 1. The zero-order valence-corrected chi connectivity index (χ0v) is 14.8. The number of nitrogens with zero attached hydrogens (tertiary/aromatic N) is 2. The highest BCUT2D eigenvalue weighted by atomic mass is 127. The van der Waals surface area contributed by atoms with Crippen LogP contribution in [-0.2, 0) is 0 Å². The van der Waals surface area contributed by atoms with Crippen LogP contribution in [0.2, 0.25) is 0 Å². The molecular weight excluding hydrogens is 363 g/mol. The molecule has 1 heterocycles. The van der Waals surface area contributed by atoms with Gasteiger partial charge in [0.05, 0.1) is 6.54 Å². The molecule has 0 saturated carbocycles. The summed E-state index contributed by atoms with van der Waals surface area (Å²) in [6.07, 6.45) is 2.48. The van der Waals surface area contributed by atoms with Crippen molar-refractivity contribution < 1.29 is 0 Å². The van der Waals surface area contributed by atoms with Gasteiger partial charge in [0.2, 0.25) is 0 Å². The summed E-state index contributed by atoms with van der Waals surface area (Å²) in [5, 5.41) is 3.16. The fourth-order valence-corrected chi connectivity index (χ4v) is 2.42. The van der Waals surface area contributed by atoms with Crippen molar-refractivity contribution in [3.05, 3.63) is 29.3 Å². The van der Waals surface area contributed by atoms with Crippen LogP contribution in [-0.4, -0.2) is 37.0 Å². The van der Waals surface area contributed by atoms with Crippen molar-refractivity contribution in [3.8, 4) is 0 Å². The molecule has 1 aromatic rings. The lowest BCUT2D eigenvalue weighted by Crippen LogP contribution is -2.30. The minimum Gasteiger partial charge on any atom is -0.370 e. The molecule has 20 heavy (non-hydrogen) atoms. The number of likely N-dealkylation sites (tertiary alicyclic amines) is 1. The highest BCUT2D eigenvalue weighted by molar-refractivity contribution is 14.0. The van der Waals surface area contributed by atoms with Gasteiger partial charge in [-0.15, -0.1) is 24.0 Å². The SMILES string of the molecule is Cc1ccc(NC(N)=NCC2CCCN2C)cc1C.I. The van der Waals surface area contributed by atoms with Crippen LogP contribution in [0.4, 0.5) is 5.69 Å². The molecule has 5 heteroatoms. The Morgan fingerprint density at radius 3 is 2.75 bits per heavy atom. The Morgan fingerprint density at radius 2 is 2.15 bits per heavy atom. The van der Waals surface area contributed by atoms with Crippen molar-refractivity contribution in [1.82, 2.24) is 4.90 Å². The minimum atomic E-state index is 0. The molecule has 3 N–H and O–H groups in total. The van der Waals surface area contributed by atoms with Gasteiger partial charge in [-0.1, -0.05) is 6.07 Å². The Bertz CT molecular complexity index is 473. The Hall–Kier alpha value is -0.820. The number of nitrogens with one attached hydrogen (secondary N) is 1. The third-order valence-corrected chi connectivity index (χ3v) is 3.92. The van der Waals surface area contributed by atoms with Crippen LogP contribution >= 0.6 is 24.0 Å². The molecule has 1 aliphatic rings. The summed E-state index contributed by atoms with van der Waals surface area (Å²) in [5.41, 5.74) is 9.49. The number of aryl methyl sites for hydroxylation is 2. The standard InChI is InChI=1S/C15H24N4.HI/c1-11-6-7-13(9-12(11)2)18-15(16)17-10-14-5-4-8-19(14)3;/h6-7,9,14H,4-5,8,10H2,1-3H3,(H3,16,17,18);1H. The van der Waals surface area contributed by atoms with Gasteiger partial charge in [-0.25, -0.2) is 0 Å². The number of aliphatic imine (C=N–C) groups is 1. The molecule has 0 amide bonds. The van der Waals surface area contributed by atoms with Crippen LogP contribution < -0.4 is 11.1 Å². The summed E-state index contributed by atoms with van der Waals surface area (Å²) < 4.78 is 0. The second-order valence-corrected chi connectivity index (χ2v) is 5.43. The number of hydrogen-bond acceptors (Lipinski definition) is 2. The predicted octanol–water partition coefficient (Wildman–Crippen LogP) is 2.74. The average molecular weight is 388 g/mol. The molecule has 4 nitrogen and oxygen atoms in total. The summed E-state index contributed by atoms with van der Waals surface area (Å²) in [5.74, 6) is 0.503. The summed E-state index contributed by atoms with van der Waals surface area (Å²) in [6.45, 7) is 6.15. The van der Waals surface area contributed by atoms with Crippen molar-refractivity contribution in [2.24, 2.45) is 10.7 Å². The number of nitrogens with two attached hydrogens (primary N) is 1. The van der Waals surface area contributed by atoms with E-state index in [1.165, 1.54) is 30.5 Å². The molecular formula is C15H25IN4. The van der Waals surface area contributed by atoms with Gasteiger partial charge in [0, 0.05) is 11.7 Å². The molecule has 1 aliphatic heterocycles. The van der Waals surface area contributed by atoms with E-state index in [0.717, 1.165) is 12.2 Å². The Labute approximate surface area is 138 Å². The van der Waals surface area contributed by atoms with Crippen LogP contribution in [0.5, 0.6) is 0 Å². The molecule has 1 atom stereocenters. The maximum Gasteiger partial charge on any atom is 0.193 e. The van der Waals surface area contributed by atoms with E-state index in [-0.39, 0.29) is 24.0 Å². The van der Waals surface area contributed by atoms with Gasteiger partial charge >= 0.3 is 0 Å². The van der Waals surface area contributed by atoms with Crippen molar-refractivity contribution >= 4 is 35.6 Å². The molecule has 1 saturated heterocycles. The Kier molecular flexibility index (Phi) is 6.75. The molecule has 0 aromatic heterocycles. The first-order valence-electron chi connectivity index (χ1n) is 6.90. The molecule has 0 spiro atoms. The number of guanidine groups is 1. The molecule has 1 fully saturated rings. The number of rotatable bonds is 3. The van der Waals surface area contributed by atoms with Crippen LogP contribution in [0.1, 0.15) is 24.0 Å². The van der Waals surface area contributed by atoms with Gasteiger partial charge in [-0.2, -0.15) is 0 Å². The fraction of sp³-hybridized carbons (Fsp3) is 0.533. The molecule has 0 aliphatic carbocycles. The van der Waals surface area contributed by atoms with E-state index in [1.807, 2.05) is 6.07 Å². The lowest BCUT2D eigenvalue weighted by Gasteiger charge is -2.17. The quantitative estimate of drug-likeness (QED) is 0.476.